The molecule has 0 radical (unpaired) electrons. The van der Waals surface area contributed by atoms with Gasteiger partial charge >= 0.3 is 0 Å². The lowest BCUT2D eigenvalue weighted by molar-refractivity contribution is 0.122. The maximum Gasteiger partial charge on any atom is 0.232 e. The fourth-order valence-corrected chi connectivity index (χ4v) is 3.87. The first-order valence-corrected chi connectivity index (χ1v) is 9.60. The van der Waals surface area contributed by atoms with E-state index in [4.69, 9.17) is 4.74 Å². The van der Waals surface area contributed by atoms with Gasteiger partial charge in [0, 0.05) is 22.8 Å². The molecule has 0 bridgehead atoms. The van der Waals surface area contributed by atoms with Crippen molar-refractivity contribution in [2.75, 3.05) is 31.2 Å². The molecule has 4 rings (SSSR count). The lowest BCUT2D eigenvalue weighted by Gasteiger charge is -2.28. The molecule has 27 heavy (non-hydrogen) atoms. The van der Waals surface area contributed by atoms with Crippen LogP contribution >= 0.6 is 11.3 Å². The molecule has 1 fully saturated rings. The standard InChI is InChI=1S/C20H19N5OS/c1-15-7-8-18(27-15)13-16(14-21)19-22-23-20(24-9-11-26-12-10-24)25(19)17-5-3-2-4-6-17/h2-8,13H,9-12H2,1H3/b16-13+. The van der Waals surface area contributed by atoms with Gasteiger partial charge in [0.2, 0.25) is 5.95 Å². The Morgan fingerprint density at radius 1 is 1.15 bits per heavy atom. The Morgan fingerprint density at radius 3 is 2.59 bits per heavy atom. The van der Waals surface area contributed by atoms with Crippen LogP contribution in [0.15, 0.2) is 42.5 Å². The molecule has 1 saturated heterocycles. The summed E-state index contributed by atoms with van der Waals surface area (Å²) in [6.45, 7) is 4.87. The van der Waals surface area contributed by atoms with Crippen molar-refractivity contribution in [3.05, 3.63) is 58.0 Å². The van der Waals surface area contributed by atoms with Crippen molar-refractivity contribution in [3.8, 4) is 11.8 Å². The minimum absolute atomic E-state index is 0.493. The number of hydrogen-bond acceptors (Lipinski definition) is 6. The van der Waals surface area contributed by atoms with Crippen molar-refractivity contribution >= 4 is 28.9 Å². The van der Waals surface area contributed by atoms with E-state index < -0.39 is 0 Å². The van der Waals surface area contributed by atoms with Crippen molar-refractivity contribution in [2.45, 2.75) is 6.92 Å². The third-order valence-electron chi connectivity index (χ3n) is 4.36. The Bertz CT molecular complexity index is 993. The summed E-state index contributed by atoms with van der Waals surface area (Å²) < 4.78 is 7.42. The van der Waals surface area contributed by atoms with Gasteiger partial charge in [0.25, 0.3) is 0 Å². The Labute approximate surface area is 162 Å². The Balaban J connectivity index is 1.83. The fourth-order valence-electron chi connectivity index (χ4n) is 3.05. The van der Waals surface area contributed by atoms with Gasteiger partial charge in [0.05, 0.1) is 24.5 Å². The average Bonchev–Trinajstić information content (AvgIpc) is 3.33. The SMILES string of the molecule is Cc1ccc(/C=C(\C#N)c2nnc(N3CCOCC3)n2-c2ccccc2)s1. The second-order valence-corrected chi connectivity index (χ2v) is 7.53. The molecule has 2 aromatic heterocycles. The predicted molar refractivity (Wildman–Crippen MR) is 107 cm³/mol. The highest BCUT2D eigenvalue weighted by molar-refractivity contribution is 7.12. The van der Waals surface area contributed by atoms with Crippen LogP contribution in [0.1, 0.15) is 15.6 Å². The zero-order valence-corrected chi connectivity index (χ0v) is 15.8. The van der Waals surface area contributed by atoms with Crippen LogP contribution in [0.4, 0.5) is 5.95 Å². The number of aryl methyl sites for hydroxylation is 1. The summed E-state index contributed by atoms with van der Waals surface area (Å²) in [5.74, 6) is 1.29. The van der Waals surface area contributed by atoms with E-state index in [0.717, 1.165) is 29.6 Å². The lowest BCUT2D eigenvalue weighted by atomic mass is 10.2. The zero-order valence-electron chi connectivity index (χ0n) is 15.0. The first kappa shape index (κ1) is 17.5. The summed E-state index contributed by atoms with van der Waals surface area (Å²) in [5, 5.41) is 18.6. The molecule has 1 aliphatic heterocycles. The molecular weight excluding hydrogens is 358 g/mol. The van der Waals surface area contributed by atoms with Crippen molar-refractivity contribution in [3.63, 3.8) is 0 Å². The number of morpholine rings is 1. The molecule has 1 aromatic carbocycles. The van der Waals surface area contributed by atoms with E-state index in [0.29, 0.717) is 24.6 Å². The Kier molecular flexibility index (Phi) is 5.01. The quantitative estimate of drug-likeness (QED) is 0.651. The summed E-state index contributed by atoms with van der Waals surface area (Å²) in [6.07, 6.45) is 1.88. The zero-order chi connectivity index (χ0) is 18.6. The number of benzene rings is 1. The van der Waals surface area contributed by atoms with Gasteiger partial charge in [-0.3, -0.25) is 4.57 Å². The number of ether oxygens (including phenoxy) is 1. The molecule has 1 aliphatic rings. The number of para-hydroxylation sites is 1. The van der Waals surface area contributed by atoms with E-state index in [2.05, 4.69) is 28.1 Å². The maximum atomic E-state index is 9.81. The maximum absolute atomic E-state index is 9.81. The molecule has 0 saturated carbocycles. The Morgan fingerprint density at radius 2 is 1.93 bits per heavy atom. The number of nitrogens with zero attached hydrogens (tertiary/aromatic N) is 5. The van der Waals surface area contributed by atoms with E-state index in [1.807, 2.05) is 53.1 Å². The number of aromatic nitrogens is 3. The number of thiophene rings is 1. The first-order valence-electron chi connectivity index (χ1n) is 8.78. The Hall–Kier alpha value is -2.95. The molecule has 3 heterocycles. The lowest BCUT2D eigenvalue weighted by Crippen LogP contribution is -2.38. The second kappa shape index (κ2) is 7.74. The third-order valence-corrected chi connectivity index (χ3v) is 5.31. The number of rotatable bonds is 4. The largest absolute Gasteiger partial charge is 0.378 e. The van der Waals surface area contributed by atoms with Gasteiger partial charge in [0.1, 0.15) is 6.07 Å². The van der Waals surface area contributed by atoms with Crippen LogP contribution in [0.2, 0.25) is 0 Å². The summed E-state index contributed by atoms with van der Waals surface area (Å²) in [7, 11) is 0. The summed E-state index contributed by atoms with van der Waals surface area (Å²) >= 11 is 1.65. The van der Waals surface area contributed by atoms with Crippen molar-refractivity contribution < 1.29 is 4.74 Å². The predicted octanol–water partition coefficient (Wildman–Crippen LogP) is 3.54. The molecule has 0 atom stereocenters. The minimum Gasteiger partial charge on any atom is -0.378 e. The summed E-state index contributed by atoms with van der Waals surface area (Å²) in [4.78, 5) is 4.38. The molecule has 7 heteroatoms. The number of nitriles is 1. The van der Waals surface area contributed by atoms with E-state index in [1.165, 1.54) is 4.88 Å². The molecule has 0 spiro atoms. The smallest absolute Gasteiger partial charge is 0.232 e. The number of hydrogen-bond donors (Lipinski definition) is 0. The van der Waals surface area contributed by atoms with Crippen LogP contribution in [0, 0.1) is 18.3 Å². The molecule has 0 amide bonds. The van der Waals surface area contributed by atoms with E-state index in [-0.39, 0.29) is 0 Å². The van der Waals surface area contributed by atoms with Crippen LogP contribution in [-0.2, 0) is 4.74 Å². The number of anilines is 1. The highest BCUT2D eigenvalue weighted by Gasteiger charge is 2.23. The highest BCUT2D eigenvalue weighted by Crippen LogP contribution is 2.27. The van der Waals surface area contributed by atoms with E-state index in [1.54, 1.807) is 11.3 Å². The average molecular weight is 377 g/mol. The molecule has 0 unspecified atom stereocenters. The van der Waals surface area contributed by atoms with Gasteiger partial charge in [-0.15, -0.1) is 21.5 Å². The van der Waals surface area contributed by atoms with Crippen molar-refractivity contribution in [1.82, 2.24) is 14.8 Å². The number of allylic oxidation sites excluding steroid dienone is 1. The second-order valence-electron chi connectivity index (χ2n) is 6.21. The van der Waals surface area contributed by atoms with Gasteiger partial charge in [0.15, 0.2) is 5.82 Å². The van der Waals surface area contributed by atoms with Crippen LogP contribution in [0.25, 0.3) is 17.3 Å². The fraction of sp³-hybridized carbons (Fsp3) is 0.250. The van der Waals surface area contributed by atoms with Crippen LogP contribution < -0.4 is 4.90 Å². The van der Waals surface area contributed by atoms with Gasteiger partial charge in [-0.05, 0) is 37.3 Å². The van der Waals surface area contributed by atoms with Gasteiger partial charge in [-0.1, -0.05) is 18.2 Å². The van der Waals surface area contributed by atoms with Crippen LogP contribution in [-0.4, -0.2) is 41.1 Å². The molecule has 0 N–H and O–H groups in total. The summed E-state index contributed by atoms with van der Waals surface area (Å²) in [6, 6.07) is 16.3. The highest BCUT2D eigenvalue weighted by atomic mass is 32.1. The monoisotopic (exact) mass is 377 g/mol. The topological polar surface area (TPSA) is 67.0 Å². The van der Waals surface area contributed by atoms with Gasteiger partial charge < -0.3 is 9.64 Å². The van der Waals surface area contributed by atoms with Crippen LogP contribution in [0.3, 0.4) is 0 Å². The molecule has 6 nitrogen and oxygen atoms in total. The van der Waals surface area contributed by atoms with Crippen LogP contribution in [0.5, 0.6) is 0 Å². The molecule has 3 aromatic rings. The van der Waals surface area contributed by atoms with Crippen molar-refractivity contribution in [2.24, 2.45) is 0 Å². The molecule has 136 valence electrons. The van der Waals surface area contributed by atoms with E-state index >= 15 is 0 Å². The van der Waals surface area contributed by atoms with E-state index in [9.17, 15) is 5.26 Å². The molecule has 0 aliphatic carbocycles. The first-order chi connectivity index (χ1) is 13.3. The normalized spacial score (nSPS) is 15.0. The van der Waals surface area contributed by atoms with Gasteiger partial charge in [-0.2, -0.15) is 5.26 Å². The van der Waals surface area contributed by atoms with Crippen molar-refractivity contribution in [1.29, 1.82) is 5.26 Å². The third kappa shape index (κ3) is 3.63. The summed E-state index contributed by atoms with van der Waals surface area (Å²) in [5.41, 5.74) is 1.43. The molecular formula is C20H19N5OS. The minimum atomic E-state index is 0.493. The van der Waals surface area contributed by atoms with Gasteiger partial charge in [-0.25, -0.2) is 0 Å².